The van der Waals surface area contributed by atoms with Crippen molar-refractivity contribution in [3.8, 4) is 5.75 Å². The van der Waals surface area contributed by atoms with Crippen LogP contribution in [-0.4, -0.2) is 55.6 Å². The molecule has 1 N–H and O–H groups in total. The predicted octanol–water partition coefficient (Wildman–Crippen LogP) is 3.42. The molecule has 1 aliphatic heterocycles. The molecule has 1 fully saturated rings. The second-order valence-electron chi connectivity index (χ2n) is 8.44. The van der Waals surface area contributed by atoms with Gasteiger partial charge >= 0.3 is 5.63 Å². The predicted molar refractivity (Wildman–Crippen MR) is 133 cm³/mol. The first-order chi connectivity index (χ1) is 16.5. The molecule has 0 bridgehead atoms. The van der Waals surface area contributed by atoms with Crippen LogP contribution >= 0.6 is 0 Å². The summed E-state index contributed by atoms with van der Waals surface area (Å²) in [5, 5.41) is 4.09. The number of aryl methyl sites for hydroxylation is 1. The standard InChI is InChI=1S/C26H26N4O4/c1-17-15-22(28-25-20-5-3-4-6-21(20)34-26(32)24(17)25)27-23(31)16-29-11-13-30(14-12-29)18-7-9-19(33-2)10-8-18/h3-10,15H,11-14,16H2,1-2H3,(H,27,28,31). The quantitative estimate of drug-likeness (QED) is 0.362. The van der Waals surface area contributed by atoms with E-state index in [2.05, 4.69) is 32.2 Å². The molecule has 0 radical (unpaired) electrons. The van der Waals surface area contributed by atoms with E-state index in [1.54, 1.807) is 19.2 Å². The molecule has 0 aliphatic carbocycles. The zero-order valence-corrected chi connectivity index (χ0v) is 19.2. The van der Waals surface area contributed by atoms with Gasteiger partial charge in [-0.1, -0.05) is 12.1 Å². The summed E-state index contributed by atoms with van der Waals surface area (Å²) < 4.78 is 10.7. The van der Waals surface area contributed by atoms with Crippen LogP contribution in [0.4, 0.5) is 11.5 Å². The van der Waals surface area contributed by atoms with Gasteiger partial charge in [0.25, 0.3) is 0 Å². The Morgan fingerprint density at radius 2 is 1.82 bits per heavy atom. The van der Waals surface area contributed by atoms with Crippen LogP contribution in [0.2, 0.25) is 0 Å². The first-order valence-electron chi connectivity index (χ1n) is 11.3. The summed E-state index contributed by atoms with van der Waals surface area (Å²) in [6.07, 6.45) is 0. The minimum atomic E-state index is -0.425. The number of carbonyl (C=O) groups is 1. The molecule has 2 aromatic heterocycles. The van der Waals surface area contributed by atoms with Gasteiger partial charge < -0.3 is 19.4 Å². The average molecular weight is 459 g/mol. The Labute approximate surface area is 196 Å². The lowest BCUT2D eigenvalue weighted by Gasteiger charge is -2.35. The number of nitrogens with one attached hydrogen (secondary N) is 1. The van der Waals surface area contributed by atoms with Crippen molar-refractivity contribution in [2.45, 2.75) is 6.92 Å². The van der Waals surface area contributed by atoms with E-state index in [-0.39, 0.29) is 12.5 Å². The van der Waals surface area contributed by atoms with E-state index >= 15 is 0 Å². The molecule has 0 atom stereocenters. The van der Waals surface area contributed by atoms with Crippen molar-refractivity contribution >= 4 is 39.3 Å². The molecule has 1 saturated heterocycles. The number of carbonyl (C=O) groups excluding carboxylic acids is 1. The van der Waals surface area contributed by atoms with Gasteiger partial charge in [0.15, 0.2) is 0 Å². The monoisotopic (exact) mass is 458 g/mol. The van der Waals surface area contributed by atoms with Crippen LogP contribution in [-0.2, 0) is 4.79 Å². The molecule has 0 saturated carbocycles. The molecule has 8 heteroatoms. The summed E-state index contributed by atoms with van der Waals surface area (Å²) in [5.41, 5.74) is 2.46. The summed E-state index contributed by atoms with van der Waals surface area (Å²) in [4.78, 5) is 34.3. The zero-order chi connectivity index (χ0) is 23.7. The minimum Gasteiger partial charge on any atom is -0.497 e. The van der Waals surface area contributed by atoms with Gasteiger partial charge in [-0.05, 0) is 55.0 Å². The van der Waals surface area contributed by atoms with E-state index in [1.807, 2.05) is 37.3 Å². The Morgan fingerprint density at radius 3 is 2.56 bits per heavy atom. The molecule has 3 heterocycles. The van der Waals surface area contributed by atoms with Crippen molar-refractivity contribution in [2.75, 3.05) is 50.1 Å². The Morgan fingerprint density at radius 1 is 1.09 bits per heavy atom. The minimum absolute atomic E-state index is 0.128. The molecule has 4 aromatic rings. The van der Waals surface area contributed by atoms with Crippen LogP contribution in [0.1, 0.15) is 5.56 Å². The first kappa shape index (κ1) is 21.9. The lowest BCUT2D eigenvalue weighted by molar-refractivity contribution is -0.117. The Balaban J connectivity index is 1.26. The number of benzene rings is 2. The van der Waals surface area contributed by atoms with Crippen LogP contribution in [0.5, 0.6) is 5.75 Å². The fourth-order valence-corrected chi connectivity index (χ4v) is 4.43. The molecular weight excluding hydrogens is 432 g/mol. The third-order valence-electron chi connectivity index (χ3n) is 6.21. The van der Waals surface area contributed by atoms with Crippen molar-refractivity contribution in [1.29, 1.82) is 0 Å². The third-order valence-corrected chi connectivity index (χ3v) is 6.21. The van der Waals surface area contributed by atoms with Gasteiger partial charge in [0.1, 0.15) is 17.2 Å². The number of fused-ring (bicyclic) bond motifs is 3. The highest BCUT2D eigenvalue weighted by Crippen LogP contribution is 2.25. The number of ether oxygens (including phenoxy) is 1. The number of pyridine rings is 1. The van der Waals surface area contributed by atoms with E-state index in [4.69, 9.17) is 9.15 Å². The first-order valence-corrected chi connectivity index (χ1v) is 11.3. The van der Waals surface area contributed by atoms with E-state index in [9.17, 15) is 9.59 Å². The maximum atomic E-state index is 12.8. The van der Waals surface area contributed by atoms with Gasteiger partial charge in [-0.15, -0.1) is 0 Å². The molecule has 8 nitrogen and oxygen atoms in total. The van der Waals surface area contributed by atoms with E-state index < -0.39 is 5.63 Å². The number of anilines is 2. The normalized spacial score (nSPS) is 14.5. The van der Waals surface area contributed by atoms with Crippen molar-refractivity contribution in [3.05, 3.63) is 70.6 Å². The van der Waals surface area contributed by atoms with E-state index in [1.165, 1.54) is 0 Å². The maximum Gasteiger partial charge on any atom is 0.346 e. The number of rotatable bonds is 5. The number of piperazine rings is 1. The molecule has 0 unspecified atom stereocenters. The smallest absolute Gasteiger partial charge is 0.346 e. The van der Waals surface area contributed by atoms with Gasteiger partial charge in [-0.2, -0.15) is 0 Å². The molecule has 0 spiro atoms. The number of nitrogens with zero attached hydrogens (tertiary/aromatic N) is 3. The van der Waals surface area contributed by atoms with E-state index in [0.29, 0.717) is 27.9 Å². The number of amides is 1. The second-order valence-corrected chi connectivity index (χ2v) is 8.44. The van der Waals surface area contributed by atoms with Gasteiger partial charge in [-0.3, -0.25) is 9.69 Å². The highest BCUT2D eigenvalue weighted by Gasteiger charge is 2.20. The van der Waals surface area contributed by atoms with Crippen molar-refractivity contribution < 1.29 is 13.9 Å². The number of methoxy groups -OCH3 is 1. The van der Waals surface area contributed by atoms with Crippen LogP contribution in [0, 0.1) is 6.92 Å². The SMILES string of the molecule is COc1ccc(N2CCN(CC(=O)Nc3cc(C)c4c(=O)oc5ccccc5c4n3)CC2)cc1. The average Bonchev–Trinajstić information content (AvgIpc) is 2.84. The fourth-order valence-electron chi connectivity index (χ4n) is 4.43. The third kappa shape index (κ3) is 4.32. The molecular formula is C26H26N4O4. The topological polar surface area (TPSA) is 87.9 Å². The Kier molecular flexibility index (Phi) is 5.90. The number of hydrogen-bond donors (Lipinski definition) is 1. The van der Waals surface area contributed by atoms with Crippen LogP contribution in [0.15, 0.2) is 63.8 Å². The summed E-state index contributed by atoms with van der Waals surface area (Å²) in [6.45, 7) is 5.37. The molecule has 1 amide bonds. The largest absolute Gasteiger partial charge is 0.497 e. The number of hydrogen-bond acceptors (Lipinski definition) is 7. The zero-order valence-electron chi connectivity index (χ0n) is 19.2. The molecule has 34 heavy (non-hydrogen) atoms. The summed E-state index contributed by atoms with van der Waals surface area (Å²) in [5.74, 6) is 1.14. The number of aromatic nitrogens is 1. The molecule has 174 valence electrons. The van der Waals surface area contributed by atoms with Crippen LogP contribution in [0.25, 0.3) is 21.9 Å². The van der Waals surface area contributed by atoms with Gasteiger partial charge in [0, 0.05) is 37.3 Å². The molecule has 5 rings (SSSR count). The van der Waals surface area contributed by atoms with Gasteiger partial charge in [0.05, 0.1) is 24.6 Å². The van der Waals surface area contributed by atoms with Crippen molar-refractivity contribution in [3.63, 3.8) is 0 Å². The lowest BCUT2D eigenvalue weighted by atomic mass is 10.1. The second kappa shape index (κ2) is 9.15. The van der Waals surface area contributed by atoms with Gasteiger partial charge in [0.2, 0.25) is 5.91 Å². The fraction of sp³-hybridized carbons (Fsp3) is 0.269. The summed E-state index contributed by atoms with van der Waals surface area (Å²) in [7, 11) is 1.66. The molecule has 1 aliphatic rings. The van der Waals surface area contributed by atoms with Gasteiger partial charge in [-0.25, -0.2) is 9.78 Å². The highest BCUT2D eigenvalue weighted by molar-refractivity contribution is 6.04. The Hall–Kier alpha value is -3.91. The maximum absolute atomic E-state index is 12.8. The van der Waals surface area contributed by atoms with E-state index in [0.717, 1.165) is 43.0 Å². The summed E-state index contributed by atoms with van der Waals surface area (Å²) in [6, 6.07) is 17.0. The number of para-hydroxylation sites is 1. The van der Waals surface area contributed by atoms with Crippen LogP contribution in [0.3, 0.4) is 0 Å². The van der Waals surface area contributed by atoms with Crippen molar-refractivity contribution in [1.82, 2.24) is 9.88 Å². The van der Waals surface area contributed by atoms with Crippen LogP contribution < -0.4 is 20.6 Å². The van der Waals surface area contributed by atoms with Crippen molar-refractivity contribution in [2.24, 2.45) is 0 Å². The highest BCUT2D eigenvalue weighted by atomic mass is 16.5. The lowest BCUT2D eigenvalue weighted by Crippen LogP contribution is -2.48. The molecule has 2 aromatic carbocycles. The Bertz CT molecular complexity index is 1410. The summed E-state index contributed by atoms with van der Waals surface area (Å²) >= 11 is 0.